The minimum absolute atomic E-state index is 0.250. The number of nitrogens with one attached hydrogen (secondary N) is 1. The summed E-state index contributed by atoms with van der Waals surface area (Å²) in [6.45, 7) is 6.44. The Kier molecular flexibility index (Phi) is 5.77. The van der Waals surface area contributed by atoms with Crippen LogP contribution in [0.25, 0.3) is 0 Å². The van der Waals surface area contributed by atoms with E-state index < -0.39 is 0 Å². The fraction of sp³-hybridized carbons (Fsp3) is 0.917. The van der Waals surface area contributed by atoms with Crippen LogP contribution in [0.15, 0.2) is 0 Å². The summed E-state index contributed by atoms with van der Waals surface area (Å²) < 4.78 is 0. The molecule has 0 heterocycles. The second-order valence-electron chi connectivity index (χ2n) is 4.54. The lowest BCUT2D eigenvalue weighted by molar-refractivity contribution is -0.130. The number of nitrogens with zero attached hydrogens (tertiary/aromatic N) is 1. The standard InChI is InChI=1S/C12H25N3O/c1-3-15(4-2)12(16)7-8-14-11-6-5-10(13)9-11/h10-11,14H,3-9,13H2,1-2H3. The van der Waals surface area contributed by atoms with E-state index in [9.17, 15) is 4.79 Å². The number of nitrogens with two attached hydrogens (primary N) is 1. The minimum atomic E-state index is 0.250. The van der Waals surface area contributed by atoms with E-state index >= 15 is 0 Å². The zero-order valence-corrected chi connectivity index (χ0v) is 10.5. The molecule has 1 rings (SSSR count). The molecule has 0 saturated heterocycles. The third kappa shape index (κ3) is 4.10. The first-order chi connectivity index (χ1) is 7.67. The van der Waals surface area contributed by atoms with Crippen molar-refractivity contribution in [3.8, 4) is 0 Å². The summed E-state index contributed by atoms with van der Waals surface area (Å²) >= 11 is 0. The fourth-order valence-electron chi connectivity index (χ4n) is 2.32. The van der Waals surface area contributed by atoms with Gasteiger partial charge in [-0.25, -0.2) is 0 Å². The molecule has 1 fully saturated rings. The highest BCUT2D eigenvalue weighted by molar-refractivity contribution is 5.76. The van der Waals surface area contributed by atoms with Crippen LogP contribution in [0.5, 0.6) is 0 Å². The van der Waals surface area contributed by atoms with E-state index in [1.165, 1.54) is 0 Å². The van der Waals surface area contributed by atoms with E-state index in [0.717, 1.165) is 38.9 Å². The van der Waals surface area contributed by atoms with Gasteiger partial charge in [-0.3, -0.25) is 4.79 Å². The molecule has 94 valence electrons. The van der Waals surface area contributed by atoms with Gasteiger partial charge in [0.2, 0.25) is 5.91 Å². The first-order valence-electron chi connectivity index (χ1n) is 6.44. The Morgan fingerprint density at radius 1 is 1.38 bits per heavy atom. The first-order valence-corrected chi connectivity index (χ1v) is 6.44. The molecule has 0 bridgehead atoms. The normalized spacial score (nSPS) is 24.7. The first kappa shape index (κ1) is 13.5. The average molecular weight is 227 g/mol. The lowest BCUT2D eigenvalue weighted by Gasteiger charge is -2.19. The van der Waals surface area contributed by atoms with Crippen molar-refractivity contribution in [3.63, 3.8) is 0 Å². The predicted octanol–water partition coefficient (Wildman–Crippen LogP) is 0.714. The maximum absolute atomic E-state index is 11.7. The van der Waals surface area contributed by atoms with Crippen LogP contribution in [-0.4, -0.2) is 42.5 Å². The monoisotopic (exact) mass is 227 g/mol. The van der Waals surface area contributed by atoms with Crippen molar-refractivity contribution >= 4 is 5.91 Å². The Morgan fingerprint density at radius 2 is 2.06 bits per heavy atom. The van der Waals surface area contributed by atoms with Crippen LogP contribution in [0, 0.1) is 0 Å². The Hall–Kier alpha value is -0.610. The van der Waals surface area contributed by atoms with Crippen molar-refractivity contribution in [2.45, 2.75) is 51.6 Å². The van der Waals surface area contributed by atoms with E-state index in [-0.39, 0.29) is 5.91 Å². The van der Waals surface area contributed by atoms with Crippen LogP contribution in [0.3, 0.4) is 0 Å². The van der Waals surface area contributed by atoms with Crippen LogP contribution in [-0.2, 0) is 4.79 Å². The summed E-state index contributed by atoms with van der Waals surface area (Å²) in [5, 5.41) is 3.42. The lowest BCUT2D eigenvalue weighted by atomic mass is 10.2. The van der Waals surface area contributed by atoms with Crippen molar-refractivity contribution in [3.05, 3.63) is 0 Å². The number of amides is 1. The van der Waals surface area contributed by atoms with Gasteiger partial charge in [0.15, 0.2) is 0 Å². The molecule has 3 N–H and O–H groups in total. The predicted molar refractivity (Wildman–Crippen MR) is 66.2 cm³/mol. The molecule has 1 amide bonds. The maximum Gasteiger partial charge on any atom is 0.223 e. The van der Waals surface area contributed by atoms with Gasteiger partial charge in [0.25, 0.3) is 0 Å². The third-order valence-electron chi connectivity index (χ3n) is 3.36. The van der Waals surface area contributed by atoms with Crippen molar-refractivity contribution < 1.29 is 4.79 Å². The molecule has 0 aromatic heterocycles. The van der Waals surface area contributed by atoms with Crippen molar-refractivity contribution in [1.29, 1.82) is 0 Å². The molecule has 2 unspecified atom stereocenters. The number of hydrogen-bond donors (Lipinski definition) is 2. The van der Waals surface area contributed by atoms with Crippen molar-refractivity contribution in [2.24, 2.45) is 5.73 Å². The van der Waals surface area contributed by atoms with E-state index in [2.05, 4.69) is 5.32 Å². The summed E-state index contributed by atoms with van der Waals surface area (Å²) in [7, 11) is 0. The highest BCUT2D eigenvalue weighted by Gasteiger charge is 2.21. The summed E-state index contributed by atoms with van der Waals surface area (Å²) in [6.07, 6.45) is 3.93. The lowest BCUT2D eigenvalue weighted by Crippen LogP contribution is -2.35. The molecule has 4 nitrogen and oxygen atoms in total. The second-order valence-corrected chi connectivity index (χ2v) is 4.54. The SMILES string of the molecule is CCN(CC)C(=O)CCNC1CCC(N)C1. The molecule has 0 aliphatic heterocycles. The number of hydrogen-bond acceptors (Lipinski definition) is 3. The van der Waals surface area contributed by atoms with Gasteiger partial charge >= 0.3 is 0 Å². The smallest absolute Gasteiger partial charge is 0.223 e. The van der Waals surface area contributed by atoms with Crippen LogP contribution >= 0.6 is 0 Å². The van der Waals surface area contributed by atoms with Crippen molar-refractivity contribution in [1.82, 2.24) is 10.2 Å². The molecular formula is C12H25N3O. The van der Waals surface area contributed by atoms with Gasteiger partial charge in [0.1, 0.15) is 0 Å². The van der Waals surface area contributed by atoms with E-state index in [4.69, 9.17) is 5.73 Å². The average Bonchev–Trinajstić information content (AvgIpc) is 2.66. The topological polar surface area (TPSA) is 58.4 Å². The Morgan fingerprint density at radius 3 is 2.56 bits per heavy atom. The quantitative estimate of drug-likeness (QED) is 0.703. The Labute approximate surface area is 98.6 Å². The molecular weight excluding hydrogens is 202 g/mol. The molecule has 16 heavy (non-hydrogen) atoms. The van der Waals surface area contributed by atoms with Gasteiger partial charge in [-0.15, -0.1) is 0 Å². The van der Waals surface area contributed by atoms with E-state index in [1.54, 1.807) is 0 Å². The highest BCUT2D eigenvalue weighted by Crippen LogP contribution is 2.16. The fourth-order valence-corrected chi connectivity index (χ4v) is 2.32. The zero-order valence-electron chi connectivity index (χ0n) is 10.5. The molecule has 0 aromatic carbocycles. The summed E-state index contributed by atoms with van der Waals surface area (Å²) in [6, 6.07) is 0.885. The molecule has 2 atom stereocenters. The molecule has 1 aliphatic rings. The van der Waals surface area contributed by atoms with Crippen LogP contribution in [0.4, 0.5) is 0 Å². The van der Waals surface area contributed by atoms with Gasteiger partial charge in [-0.2, -0.15) is 0 Å². The summed E-state index contributed by atoms with van der Waals surface area (Å²) in [5.41, 5.74) is 5.83. The van der Waals surface area contributed by atoms with Crippen LogP contribution in [0.2, 0.25) is 0 Å². The van der Waals surface area contributed by atoms with E-state index in [1.807, 2.05) is 18.7 Å². The van der Waals surface area contributed by atoms with Gasteiger partial charge in [0.05, 0.1) is 0 Å². The molecule has 4 heteroatoms. The van der Waals surface area contributed by atoms with Gasteiger partial charge in [-0.1, -0.05) is 0 Å². The summed E-state index contributed by atoms with van der Waals surface area (Å²) in [4.78, 5) is 13.6. The molecule has 0 aromatic rings. The molecule has 1 aliphatic carbocycles. The number of carbonyl (C=O) groups excluding carboxylic acids is 1. The highest BCUT2D eigenvalue weighted by atomic mass is 16.2. The molecule has 0 radical (unpaired) electrons. The number of rotatable bonds is 6. The third-order valence-corrected chi connectivity index (χ3v) is 3.36. The van der Waals surface area contributed by atoms with Gasteiger partial charge in [0, 0.05) is 38.1 Å². The molecule has 0 spiro atoms. The largest absolute Gasteiger partial charge is 0.343 e. The van der Waals surface area contributed by atoms with Crippen LogP contribution in [0.1, 0.15) is 39.5 Å². The van der Waals surface area contributed by atoms with Gasteiger partial charge in [-0.05, 0) is 33.1 Å². The zero-order chi connectivity index (χ0) is 12.0. The molecule has 1 saturated carbocycles. The maximum atomic E-state index is 11.7. The Balaban J connectivity index is 2.12. The van der Waals surface area contributed by atoms with Gasteiger partial charge < -0.3 is 16.0 Å². The Bertz CT molecular complexity index is 216. The van der Waals surface area contributed by atoms with Crippen LogP contribution < -0.4 is 11.1 Å². The second kappa shape index (κ2) is 6.86. The number of carbonyl (C=O) groups is 1. The summed E-state index contributed by atoms with van der Waals surface area (Å²) in [5.74, 6) is 0.250. The van der Waals surface area contributed by atoms with E-state index in [0.29, 0.717) is 18.5 Å². The van der Waals surface area contributed by atoms with Crippen molar-refractivity contribution in [2.75, 3.05) is 19.6 Å². The minimum Gasteiger partial charge on any atom is -0.343 e.